The maximum Gasteiger partial charge on any atom is 0.329 e. The summed E-state index contributed by atoms with van der Waals surface area (Å²) in [6.07, 6.45) is 0. The number of esters is 1. The van der Waals surface area contributed by atoms with Gasteiger partial charge in [-0.05, 0) is 44.0 Å². The van der Waals surface area contributed by atoms with Crippen LogP contribution in [0.3, 0.4) is 0 Å². The van der Waals surface area contributed by atoms with E-state index in [0.717, 1.165) is 12.1 Å². The molecule has 4 amide bonds. The van der Waals surface area contributed by atoms with Crippen LogP contribution in [-0.2, 0) is 14.3 Å². The van der Waals surface area contributed by atoms with Gasteiger partial charge in [-0.2, -0.15) is 0 Å². The Morgan fingerprint density at radius 2 is 1.59 bits per heavy atom. The minimum atomic E-state index is -1.01. The van der Waals surface area contributed by atoms with E-state index >= 15 is 0 Å². The Hall–Kier alpha value is -2.97. The Morgan fingerprint density at radius 3 is 2.11 bits per heavy atom. The zero-order chi connectivity index (χ0) is 20.6. The molecule has 1 rings (SSSR count). The minimum Gasteiger partial charge on any atom is -0.454 e. The lowest BCUT2D eigenvalue weighted by Gasteiger charge is -2.20. The van der Waals surface area contributed by atoms with Crippen molar-refractivity contribution >= 4 is 23.8 Å². The highest BCUT2D eigenvalue weighted by Gasteiger charge is 2.27. The topological polar surface area (TPSA) is 114 Å². The van der Waals surface area contributed by atoms with Gasteiger partial charge in [0.1, 0.15) is 11.9 Å². The van der Waals surface area contributed by atoms with Gasteiger partial charge in [0.15, 0.2) is 6.61 Å². The average molecular weight is 381 g/mol. The van der Waals surface area contributed by atoms with E-state index in [9.17, 15) is 23.6 Å². The molecular weight excluding hydrogens is 357 g/mol. The summed E-state index contributed by atoms with van der Waals surface area (Å²) >= 11 is 0. The molecule has 0 bridgehead atoms. The van der Waals surface area contributed by atoms with Gasteiger partial charge in [0.25, 0.3) is 11.8 Å². The molecule has 8 nitrogen and oxygen atoms in total. The summed E-state index contributed by atoms with van der Waals surface area (Å²) in [6.45, 7) is 6.16. The second-order valence-electron chi connectivity index (χ2n) is 6.49. The monoisotopic (exact) mass is 381 g/mol. The van der Waals surface area contributed by atoms with Gasteiger partial charge in [-0.1, -0.05) is 13.8 Å². The van der Waals surface area contributed by atoms with E-state index in [1.165, 1.54) is 12.1 Å². The smallest absolute Gasteiger partial charge is 0.329 e. The molecule has 9 heteroatoms. The van der Waals surface area contributed by atoms with Crippen LogP contribution in [-0.4, -0.2) is 42.5 Å². The summed E-state index contributed by atoms with van der Waals surface area (Å²) in [5, 5.41) is 6.97. The number of carbonyl (C=O) groups is 4. The van der Waals surface area contributed by atoms with Crippen molar-refractivity contribution in [3.63, 3.8) is 0 Å². The van der Waals surface area contributed by atoms with Crippen LogP contribution in [0, 0.1) is 11.7 Å². The van der Waals surface area contributed by atoms with Gasteiger partial charge < -0.3 is 15.4 Å². The SMILES string of the molecule is CC(C)NC(=O)NC(=O)COC(=O)[C@@H](NC(=O)c1ccc(F)cc1)C(C)C. The fraction of sp³-hybridized carbons (Fsp3) is 0.444. The molecule has 0 spiro atoms. The number of halogens is 1. The Labute approximate surface area is 156 Å². The van der Waals surface area contributed by atoms with Crippen LogP contribution in [0.5, 0.6) is 0 Å². The average Bonchev–Trinajstić information content (AvgIpc) is 2.56. The first-order valence-electron chi connectivity index (χ1n) is 8.43. The van der Waals surface area contributed by atoms with Crippen molar-refractivity contribution in [3.05, 3.63) is 35.6 Å². The molecule has 0 heterocycles. The van der Waals surface area contributed by atoms with Crippen LogP contribution in [0.15, 0.2) is 24.3 Å². The third-order valence-electron chi connectivity index (χ3n) is 3.33. The van der Waals surface area contributed by atoms with E-state index in [-0.39, 0.29) is 17.5 Å². The standard InChI is InChI=1S/C18H24FN3O5/c1-10(2)15(22-16(24)12-5-7-13(19)8-6-12)17(25)27-9-14(23)21-18(26)20-11(3)4/h5-8,10-11,15H,9H2,1-4H3,(H,22,24)(H2,20,21,23,26)/t15-/m0/s1. The van der Waals surface area contributed by atoms with E-state index in [1.807, 2.05) is 5.32 Å². The van der Waals surface area contributed by atoms with Crippen LogP contribution in [0.4, 0.5) is 9.18 Å². The normalized spacial score (nSPS) is 11.7. The maximum atomic E-state index is 12.9. The molecule has 3 N–H and O–H groups in total. The summed E-state index contributed by atoms with van der Waals surface area (Å²) in [5.74, 6) is -3.01. The molecule has 27 heavy (non-hydrogen) atoms. The molecule has 0 aliphatic rings. The Kier molecular flexibility index (Phi) is 8.37. The lowest BCUT2D eigenvalue weighted by atomic mass is 10.0. The van der Waals surface area contributed by atoms with Crippen molar-refractivity contribution < 1.29 is 28.3 Å². The molecule has 0 unspecified atom stereocenters. The van der Waals surface area contributed by atoms with Gasteiger partial charge in [-0.3, -0.25) is 14.9 Å². The molecule has 1 aromatic carbocycles. The summed E-state index contributed by atoms with van der Waals surface area (Å²) in [5.41, 5.74) is 0.179. The van der Waals surface area contributed by atoms with Gasteiger partial charge in [0.2, 0.25) is 0 Å². The number of benzene rings is 1. The number of rotatable bonds is 7. The fourth-order valence-electron chi connectivity index (χ4n) is 2.01. The second kappa shape index (κ2) is 10.2. The van der Waals surface area contributed by atoms with Crippen LogP contribution < -0.4 is 16.0 Å². The molecule has 0 aromatic heterocycles. The number of imide groups is 1. The van der Waals surface area contributed by atoms with E-state index < -0.39 is 42.3 Å². The summed E-state index contributed by atoms with van der Waals surface area (Å²) in [4.78, 5) is 47.4. The van der Waals surface area contributed by atoms with Crippen LogP contribution in [0.1, 0.15) is 38.1 Å². The molecule has 0 radical (unpaired) electrons. The first-order chi connectivity index (χ1) is 12.6. The van der Waals surface area contributed by atoms with Gasteiger partial charge in [0, 0.05) is 11.6 Å². The Bertz CT molecular complexity index is 689. The van der Waals surface area contributed by atoms with Crippen molar-refractivity contribution in [2.45, 2.75) is 39.8 Å². The molecule has 0 aliphatic carbocycles. The zero-order valence-corrected chi connectivity index (χ0v) is 15.7. The molecule has 0 aliphatic heterocycles. The second-order valence-corrected chi connectivity index (χ2v) is 6.49. The number of nitrogens with one attached hydrogen (secondary N) is 3. The molecule has 0 saturated heterocycles. The number of urea groups is 1. The number of amides is 4. The van der Waals surface area contributed by atoms with Crippen LogP contribution in [0.25, 0.3) is 0 Å². The third kappa shape index (κ3) is 7.85. The molecular formula is C18H24FN3O5. The quantitative estimate of drug-likeness (QED) is 0.617. The number of carbonyl (C=O) groups excluding carboxylic acids is 4. The minimum absolute atomic E-state index is 0.160. The summed E-state index contributed by atoms with van der Waals surface area (Å²) in [6, 6.07) is 2.96. The van der Waals surface area contributed by atoms with Crippen molar-refractivity contribution in [1.29, 1.82) is 0 Å². The van der Waals surface area contributed by atoms with Crippen molar-refractivity contribution in [2.75, 3.05) is 6.61 Å². The zero-order valence-electron chi connectivity index (χ0n) is 15.7. The van der Waals surface area contributed by atoms with E-state index in [4.69, 9.17) is 4.74 Å². The van der Waals surface area contributed by atoms with E-state index in [2.05, 4.69) is 10.6 Å². The highest BCUT2D eigenvalue weighted by Crippen LogP contribution is 2.08. The highest BCUT2D eigenvalue weighted by atomic mass is 19.1. The summed E-state index contributed by atoms with van der Waals surface area (Å²) < 4.78 is 17.8. The first-order valence-corrected chi connectivity index (χ1v) is 8.43. The van der Waals surface area contributed by atoms with Crippen molar-refractivity contribution in [1.82, 2.24) is 16.0 Å². The van der Waals surface area contributed by atoms with Gasteiger partial charge in [-0.15, -0.1) is 0 Å². The van der Waals surface area contributed by atoms with Crippen molar-refractivity contribution in [2.24, 2.45) is 5.92 Å². The van der Waals surface area contributed by atoms with E-state index in [0.29, 0.717) is 0 Å². The molecule has 148 valence electrons. The van der Waals surface area contributed by atoms with Gasteiger partial charge in [0.05, 0.1) is 0 Å². The number of hydrogen-bond acceptors (Lipinski definition) is 5. The lowest BCUT2D eigenvalue weighted by molar-refractivity contribution is -0.151. The van der Waals surface area contributed by atoms with Gasteiger partial charge in [-0.25, -0.2) is 14.0 Å². The number of hydrogen-bond donors (Lipinski definition) is 3. The first kappa shape index (κ1) is 22.1. The van der Waals surface area contributed by atoms with Crippen LogP contribution in [0.2, 0.25) is 0 Å². The van der Waals surface area contributed by atoms with Crippen molar-refractivity contribution in [3.8, 4) is 0 Å². The van der Waals surface area contributed by atoms with E-state index in [1.54, 1.807) is 27.7 Å². The predicted molar refractivity (Wildman–Crippen MR) is 95.3 cm³/mol. The third-order valence-corrected chi connectivity index (χ3v) is 3.33. The maximum absolute atomic E-state index is 12.9. The summed E-state index contributed by atoms with van der Waals surface area (Å²) in [7, 11) is 0. The largest absolute Gasteiger partial charge is 0.454 e. The Balaban J connectivity index is 2.60. The molecule has 0 saturated carbocycles. The van der Waals surface area contributed by atoms with Crippen LogP contribution >= 0.6 is 0 Å². The van der Waals surface area contributed by atoms with Gasteiger partial charge >= 0.3 is 12.0 Å². The predicted octanol–water partition coefficient (Wildman–Crippen LogP) is 1.36. The molecule has 1 aromatic rings. The fourth-order valence-corrected chi connectivity index (χ4v) is 2.01. The highest BCUT2D eigenvalue weighted by molar-refractivity contribution is 5.98. The lowest BCUT2D eigenvalue weighted by Crippen LogP contribution is -2.47. The molecule has 0 fully saturated rings. The molecule has 1 atom stereocenters. The Morgan fingerprint density at radius 1 is 1.00 bits per heavy atom. The number of ether oxygens (including phenoxy) is 1.